The second kappa shape index (κ2) is 5.41. The summed E-state index contributed by atoms with van der Waals surface area (Å²) in [6, 6.07) is 4.91. The van der Waals surface area contributed by atoms with Crippen LogP contribution < -0.4 is 11.1 Å². The van der Waals surface area contributed by atoms with Crippen LogP contribution in [0.1, 0.15) is 37.6 Å². The molecular formula is C13H19ClN2O. The number of carbonyl (C=O) groups excluding carboxylic acids is 1. The number of carbonyl (C=O) groups is 1. The number of benzene rings is 1. The van der Waals surface area contributed by atoms with Gasteiger partial charge in [0.1, 0.15) is 0 Å². The first-order valence-electron chi connectivity index (χ1n) is 5.69. The zero-order chi connectivity index (χ0) is 13.1. The summed E-state index contributed by atoms with van der Waals surface area (Å²) in [5, 5.41) is 3.30. The van der Waals surface area contributed by atoms with Crippen molar-refractivity contribution in [1.82, 2.24) is 5.32 Å². The van der Waals surface area contributed by atoms with Crippen LogP contribution in [0.5, 0.6) is 0 Å². The number of nitrogen functional groups attached to an aromatic ring is 1. The van der Waals surface area contributed by atoms with E-state index in [-0.39, 0.29) is 11.3 Å². The van der Waals surface area contributed by atoms with Gasteiger partial charge in [-0.1, -0.05) is 32.4 Å². The molecule has 0 aliphatic carbocycles. The summed E-state index contributed by atoms with van der Waals surface area (Å²) >= 11 is 5.96. The Morgan fingerprint density at radius 2 is 2.12 bits per heavy atom. The minimum atomic E-state index is -0.177. The summed E-state index contributed by atoms with van der Waals surface area (Å²) in [4.78, 5) is 11.9. The summed E-state index contributed by atoms with van der Waals surface area (Å²) in [7, 11) is 0. The summed E-state index contributed by atoms with van der Waals surface area (Å²) < 4.78 is 0. The molecule has 1 aromatic carbocycles. The predicted molar refractivity (Wildman–Crippen MR) is 72.3 cm³/mol. The van der Waals surface area contributed by atoms with Gasteiger partial charge in [0.05, 0.1) is 10.6 Å². The molecule has 0 radical (unpaired) electrons. The van der Waals surface area contributed by atoms with Crippen LogP contribution in [0.2, 0.25) is 5.02 Å². The zero-order valence-corrected chi connectivity index (χ0v) is 11.3. The van der Waals surface area contributed by atoms with E-state index in [1.54, 1.807) is 18.2 Å². The Labute approximate surface area is 107 Å². The minimum Gasteiger partial charge on any atom is -0.399 e. The number of rotatable bonds is 4. The molecule has 3 nitrogen and oxygen atoms in total. The monoisotopic (exact) mass is 254 g/mol. The van der Waals surface area contributed by atoms with Gasteiger partial charge in [0.2, 0.25) is 0 Å². The number of nitrogens with one attached hydrogen (secondary N) is 1. The standard InChI is InChI=1S/C13H19ClN2O/c1-4-13(2,3)8-16-12(17)10-7-9(15)5-6-11(10)14/h5-7H,4,8,15H2,1-3H3,(H,16,17). The molecule has 0 aliphatic heterocycles. The molecule has 17 heavy (non-hydrogen) atoms. The third-order valence-corrected chi connectivity index (χ3v) is 3.25. The van der Waals surface area contributed by atoms with Crippen LogP contribution in [0.25, 0.3) is 0 Å². The SMILES string of the molecule is CCC(C)(C)CNC(=O)c1cc(N)ccc1Cl. The van der Waals surface area contributed by atoms with Crippen molar-refractivity contribution < 1.29 is 4.79 Å². The second-order valence-corrected chi connectivity index (χ2v) is 5.35. The van der Waals surface area contributed by atoms with Crippen LogP contribution >= 0.6 is 11.6 Å². The quantitative estimate of drug-likeness (QED) is 0.812. The molecule has 1 aromatic rings. The van der Waals surface area contributed by atoms with E-state index < -0.39 is 0 Å². The molecule has 0 heterocycles. The van der Waals surface area contributed by atoms with Crippen LogP contribution in [-0.4, -0.2) is 12.5 Å². The van der Waals surface area contributed by atoms with Crippen LogP contribution in [0, 0.1) is 5.41 Å². The fraction of sp³-hybridized carbons (Fsp3) is 0.462. The van der Waals surface area contributed by atoms with Gasteiger partial charge >= 0.3 is 0 Å². The van der Waals surface area contributed by atoms with E-state index in [1.165, 1.54) is 0 Å². The molecule has 0 spiro atoms. The van der Waals surface area contributed by atoms with Gasteiger partial charge in [-0.2, -0.15) is 0 Å². The molecule has 0 saturated carbocycles. The molecule has 1 amide bonds. The summed E-state index contributed by atoms with van der Waals surface area (Å²) in [6.45, 7) is 6.93. The van der Waals surface area contributed by atoms with Crippen molar-refractivity contribution >= 4 is 23.2 Å². The Kier molecular flexibility index (Phi) is 4.40. The topological polar surface area (TPSA) is 55.1 Å². The lowest BCUT2D eigenvalue weighted by atomic mass is 9.90. The molecule has 0 saturated heterocycles. The first-order valence-corrected chi connectivity index (χ1v) is 6.07. The lowest BCUT2D eigenvalue weighted by Gasteiger charge is -2.23. The van der Waals surface area contributed by atoms with Crippen molar-refractivity contribution in [3.8, 4) is 0 Å². The number of halogens is 1. The van der Waals surface area contributed by atoms with E-state index in [1.807, 2.05) is 0 Å². The number of amides is 1. The van der Waals surface area contributed by atoms with E-state index in [0.29, 0.717) is 22.8 Å². The fourth-order valence-corrected chi connectivity index (χ4v) is 1.46. The van der Waals surface area contributed by atoms with Crippen LogP contribution in [0.3, 0.4) is 0 Å². The maximum atomic E-state index is 11.9. The van der Waals surface area contributed by atoms with Crippen molar-refractivity contribution in [2.45, 2.75) is 27.2 Å². The molecule has 0 bridgehead atoms. The average Bonchev–Trinajstić information content (AvgIpc) is 2.29. The Bertz CT molecular complexity index is 416. The third kappa shape index (κ3) is 3.93. The van der Waals surface area contributed by atoms with Gasteiger partial charge in [0.15, 0.2) is 0 Å². The Balaban J connectivity index is 2.74. The van der Waals surface area contributed by atoms with Gasteiger partial charge in [-0.3, -0.25) is 4.79 Å². The van der Waals surface area contributed by atoms with E-state index in [9.17, 15) is 4.79 Å². The third-order valence-electron chi connectivity index (χ3n) is 2.92. The molecular weight excluding hydrogens is 236 g/mol. The molecule has 0 aliphatic rings. The van der Waals surface area contributed by atoms with Crippen molar-refractivity contribution in [3.63, 3.8) is 0 Å². The Morgan fingerprint density at radius 3 is 2.71 bits per heavy atom. The molecule has 0 fully saturated rings. The maximum Gasteiger partial charge on any atom is 0.252 e. The lowest BCUT2D eigenvalue weighted by Crippen LogP contribution is -2.33. The van der Waals surface area contributed by atoms with E-state index in [0.717, 1.165) is 6.42 Å². The molecule has 4 heteroatoms. The van der Waals surface area contributed by atoms with Gasteiger partial charge in [-0.15, -0.1) is 0 Å². The molecule has 3 N–H and O–H groups in total. The van der Waals surface area contributed by atoms with E-state index >= 15 is 0 Å². The molecule has 94 valence electrons. The molecule has 1 rings (SSSR count). The second-order valence-electron chi connectivity index (χ2n) is 4.94. The number of hydrogen-bond donors (Lipinski definition) is 2. The maximum absolute atomic E-state index is 11.9. The summed E-state index contributed by atoms with van der Waals surface area (Å²) in [5.41, 5.74) is 6.69. The summed E-state index contributed by atoms with van der Waals surface area (Å²) in [6.07, 6.45) is 0.998. The number of hydrogen-bond acceptors (Lipinski definition) is 2. The summed E-state index contributed by atoms with van der Waals surface area (Å²) in [5.74, 6) is -0.177. The van der Waals surface area contributed by atoms with Gasteiger partial charge < -0.3 is 11.1 Å². The largest absolute Gasteiger partial charge is 0.399 e. The average molecular weight is 255 g/mol. The van der Waals surface area contributed by atoms with Gasteiger partial charge in [0, 0.05) is 12.2 Å². The van der Waals surface area contributed by atoms with Crippen molar-refractivity contribution in [2.24, 2.45) is 5.41 Å². The van der Waals surface area contributed by atoms with Crippen molar-refractivity contribution in [1.29, 1.82) is 0 Å². The van der Waals surface area contributed by atoms with Crippen molar-refractivity contribution in [2.75, 3.05) is 12.3 Å². The normalized spacial score (nSPS) is 11.3. The number of nitrogens with two attached hydrogens (primary N) is 1. The van der Waals surface area contributed by atoms with Crippen LogP contribution in [0.15, 0.2) is 18.2 Å². The number of anilines is 1. The van der Waals surface area contributed by atoms with Gasteiger partial charge in [-0.05, 0) is 30.0 Å². The fourth-order valence-electron chi connectivity index (χ4n) is 1.26. The van der Waals surface area contributed by atoms with Crippen molar-refractivity contribution in [3.05, 3.63) is 28.8 Å². The Morgan fingerprint density at radius 1 is 1.47 bits per heavy atom. The predicted octanol–water partition coefficient (Wildman–Crippen LogP) is 3.09. The lowest BCUT2D eigenvalue weighted by molar-refractivity contribution is 0.0936. The van der Waals surface area contributed by atoms with Crippen LogP contribution in [0.4, 0.5) is 5.69 Å². The minimum absolute atomic E-state index is 0.0858. The van der Waals surface area contributed by atoms with E-state index in [2.05, 4.69) is 26.1 Å². The highest BCUT2D eigenvalue weighted by molar-refractivity contribution is 6.34. The first-order chi connectivity index (χ1) is 7.85. The molecule has 0 unspecified atom stereocenters. The first kappa shape index (κ1) is 13.8. The van der Waals surface area contributed by atoms with E-state index in [4.69, 9.17) is 17.3 Å². The Hall–Kier alpha value is -1.22. The van der Waals surface area contributed by atoms with Gasteiger partial charge in [0.25, 0.3) is 5.91 Å². The zero-order valence-electron chi connectivity index (χ0n) is 10.5. The smallest absolute Gasteiger partial charge is 0.252 e. The highest BCUT2D eigenvalue weighted by atomic mass is 35.5. The van der Waals surface area contributed by atoms with Gasteiger partial charge in [-0.25, -0.2) is 0 Å². The molecule has 0 aromatic heterocycles. The highest BCUT2D eigenvalue weighted by Crippen LogP contribution is 2.21. The highest BCUT2D eigenvalue weighted by Gasteiger charge is 2.17. The molecule has 0 atom stereocenters. The van der Waals surface area contributed by atoms with Crippen LogP contribution in [-0.2, 0) is 0 Å².